The van der Waals surface area contributed by atoms with Gasteiger partial charge in [0.15, 0.2) is 22.1 Å². The molecule has 0 aliphatic rings. The summed E-state index contributed by atoms with van der Waals surface area (Å²) in [6, 6.07) is 8.33. The third-order valence-corrected chi connectivity index (χ3v) is 5.15. The second-order valence-electron chi connectivity index (χ2n) is 5.72. The number of nitrogens with two attached hydrogens (primary N) is 1. The molecule has 0 fully saturated rings. The monoisotopic (exact) mass is 384 g/mol. The summed E-state index contributed by atoms with van der Waals surface area (Å²) in [4.78, 5) is 17.1. The average molecular weight is 384 g/mol. The van der Waals surface area contributed by atoms with Gasteiger partial charge in [-0.05, 0) is 18.2 Å². The van der Waals surface area contributed by atoms with Crippen LogP contribution in [0.3, 0.4) is 0 Å². The van der Waals surface area contributed by atoms with E-state index < -0.39 is 0 Å². The van der Waals surface area contributed by atoms with Crippen molar-refractivity contribution < 1.29 is 18.6 Å². The first-order valence-corrected chi connectivity index (χ1v) is 8.80. The highest BCUT2D eigenvalue weighted by atomic mass is 32.1. The molecule has 4 aromatic rings. The van der Waals surface area contributed by atoms with E-state index in [0.717, 1.165) is 0 Å². The zero-order valence-electron chi connectivity index (χ0n) is 14.9. The lowest BCUT2D eigenvalue weighted by atomic mass is 10.1. The predicted octanol–water partition coefficient (Wildman–Crippen LogP) is 3.68. The Labute approximate surface area is 157 Å². The lowest BCUT2D eigenvalue weighted by molar-refractivity contribution is 0.349. The summed E-state index contributed by atoms with van der Waals surface area (Å²) < 4.78 is 22.8. The molecule has 8 heteroatoms. The molecule has 0 saturated carbocycles. The van der Waals surface area contributed by atoms with E-state index in [4.69, 9.17) is 24.4 Å². The molecular formula is C19H16N2O5S. The third-order valence-electron chi connectivity index (χ3n) is 4.24. The van der Waals surface area contributed by atoms with Gasteiger partial charge < -0.3 is 24.4 Å². The van der Waals surface area contributed by atoms with Crippen molar-refractivity contribution in [2.24, 2.45) is 0 Å². The summed E-state index contributed by atoms with van der Waals surface area (Å²) >= 11 is 1.26. The quantitative estimate of drug-likeness (QED) is 0.573. The molecule has 0 spiro atoms. The largest absolute Gasteiger partial charge is 0.496 e. The number of anilines is 1. The molecule has 2 N–H and O–H groups in total. The molecule has 0 atom stereocenters. The smallest absolute Gasteiger partial charge is 0.194 e. The Morgan fingerprint density at radius 2 is 1.70 bits per heavy atom. The fourth-order valence-corrected chi connectivity index (χ4v) is 3.88. The number of nitrogen functional groups attached to an aromatic ring is 1. The molecule has 0 unspecified atom stereocenters. The Morgan fingerprint density at radius 1 is 1.00 bits per heavy atom. The van der Waals surface area contributed by atoms with Crippen LogP contribution in [0.25, 0.3) is 32.5 Å². The van der Waals surface area contributed by atoms with Crippen molar-refractivity contribution in [2.45, 2.75) is 0 Å². The van der Waals surface area contributed by atoms with Crippen molar-refractivity contribution in [1.82, 2.24) is 4.98 Å². The van der Waals surface area contributed by atoms with Gasteiger partial charge in [0.2, 0.25) is 0 Å². The number of nitrogens with zero attached hydrogens (tertiary/aromatic N) is 1. The van der Waals surface area contributed by atoms with Gasteiger partial charge in [-0.3, -0.25) is 4.79 Å². The van der Waals surface area contributed by atoms with Crippen LogP contribution in [-0.4, -0.2) is 26.3 Å². The first-order valence-electron chi connectivity index (χ1n) is 7.99. The van der Waals surface area contributed by atoms with E-state index in [1.54, 1.807) is 31.4 Å². The van der Waals surface area contributed by atoms with Crippen LogP contribution in [-0.2, 0) is 0 Å². The molecule has 0 bridgehead atoms. The Balaban J connectivity index is 2.00. The van der Waals surface area contributed by atoms with Crippen LogP contribution in [0.5, 0.6) is 17.2 Å². The number of methoxy groups -OCH3 is 3. The molecule has 2 heterocycles. The van der Waals surface area contributed by atoms with Crippen molar-refractivity contribution in [1.29, 1.82) is 0 Å². The highest BCUT2D eigenvalue weighted by Crippen LogP contribution is 2.41. The standard InChI is InChI=1S/C19H16N2O5S/c1-23-13-8-16(25-3)15(24-2)6-9(13)14-7-11(22)17-12(26-14)5-4-10-18(17)27-19(20)21-10/h4-8H,1-3H3,(H2,20,21). The summed E-state index contributed by atoms with van der Waals surface area (Å²) in [6.45, 7) is 0. The number of aromatic nitrogens is 1. The third kappa shape index (κ3) is 2.74. The zero-order chi connectivity index (χ0) is 19.1. The van der Waals surface area contributed by atoms with Gasteiger partial charge in [0.05, 0.1) is 42.5 Å². The van der Waals surface area contributed by atoms with Crippen LogP contribution in [0.15, 0.2) is 39.5 Å². The van der Waals surface area contributed by atoms with E-state index in [1.807, 2.05) is 0 Å². The van der Waals surface area contributed by atoms with E-state index >= 15 is 0 Å². The number of ether oxygens (including phenoxy) is 3. The fourth-order valence-electron chi connectivity index (χ4n) is 3.00. The molecule has 7 nitrogen and oxygen atoms in total. The van der Waals surface area contributed by atoms with E-state index in [2.05, 4.69) is 4.98 Å². The second-order valence-corrected chi connectivity index (χ2v) is 6.75. The molecule has 0 aliphatic carbocycles. The number of thiazole rings is 1. The normalized spacial score (nSPS) is 11.1. The van der Waals surface area contributed by atoms with Crippen molar-refractivity contribution in [3.05, 3.63) is 40.6 Å². The predicted molar refractivity (Wildman–Crippen MR) is 105 cm³/mol. The van der Waals surface area contributed by atoms with Crippen molar-refractivity contribution >= 4 is 37.7 Å². The Hall–Kier alpha value is -3.26. The zero-order valence-corrected chi connectivity index (χ0v) is 15.7. The van der Waals surface area contributed by atoms with Gasteiger partial charge in [0.25, 0.3) is 0 Å². The van der Waals surface area contributed by atoms with Gasteiger partial charge in [-0.2, -0.15) is 0 Å². The van der Waals surface area contributed by atoms with Crippen LogP contribution in [0.2, 0.25) is 0 Å². The van der Waals surface area contributed by atoms with Gasteiger partial charge in [-0.25, -0.2) is 4.98 Å². The summed E-state index contributed by atoms with van der Waals surface area (Å²) in [5, 5.41) is 0.868. The van der Waals surface area contributed by atoms with Crippen molar-refractivity contribution in [2.75, 3.05) is 27.1 Å². The number of hydrogen-bond donors (Lipinski definition) is 1. The van der Waals surface area contributed by atoms with E-state index in [1.165, 1.54) is 31.6 Å². The maximum Gasteiger partial charge on any atom is 0.194 e. The molecule has 2 aromatic heterocycles. The second kappa shape index (κ2) is 6.48. The summed E-state index contributed by atoms with van der Waals surface area (Å²) in [7, 11) is 4.61. The van der Waals surface area contributed by atoms with Gasteiger partial charge in [-0.15, -0.1) is 0 Å². The minimum Gasteiger partial charge on any atom is -0.496 e. The topological polar surface area (TPSA) is 96.8 Å². The van der Waals surface area contributed by atoms with Crippen LogP contribution >= 0.6 is 11.3 Å². The lowest BCUT2D eigenvalue weighted by Crippen LogP contribution is -2.02. The molecule has 0 radical (unpaired) electrons. The number of rotatable bonds is 4. The minimum absolute atomic E-state index is 0.183. The maximum absolute atomic E-state index is 12.9. The Bertz CT molecular complexity index is 1230. The number of fused-ring (bicyclic) bond motifs is 3. The van der Waals surface area contributed by atoms with E-state index in [0.29, 0.717) is 54.9 Å². The van der Waals surface area contributed by atoms with E-state index in [9.17, 15) is 4.79 Å². The number of benzene rings is 2. The Kier molecular flexibility index (Phi) is 4.12. The van der Waals surface area contributed by atoms with Crippen LogP contribution in [0.4, 0.5) is 5.13 Å². The molecule has 0 amide bonds. The highest BCUT2D eigenvalue weighted by molar-refractivity contribution is 7.22. The highest BCUT2D eigenvalue weighted by Gasteiger charge is 2.18. The molecule has 4 rings (SSSR count). The van der Waals surface area contributed by atoms with Gasteiger partial charge >= 0.3 is 0 Å². The van der Waals surface area contributed by atoms with Crippen LogP contribution in [0, 0.1) is 0 Å². The molecule has 0 saturated heterocycles. The van der Waals surface area contributed by atoms with Gasteiger partial charge in [0.1, 0.15) is 17.1 Å². The maximum atomic E-state index is 12.9. The lowest BCUT2D eigenvalue weighted by Gasteiger charge is -2.13. The number of hydrogen-bond acceptors (Lipinski definition) is 8. The molecule has 138 valence electrons. The molecule has 27 heavy (non-hydrogen) atoms. The van der Waals surface area contributed by atoms with Gasteiger partial charge in [-0.1, -0.05) is 11.3 Å². The van der Waals surface area contributed by atoms with Crippen molar-refractivity contribution in [3.8, 4) is 28.6 Å². The molecule has 2 aromatic carbocycles. The van der Waals surface area contributed by atoms with Crippen molar-refractivity contribution in [3.63, 3.8) is 0 Å². The van der Waals surface area contributed by atoms with E-state index in [-0.39, 0.29) is 5.43 Å². The summed E-state index contributed by atoms with van der Waals surface area (Å²) in [5.74, 6) is 1.88. The fraction of sp³-hybridized carbons (Fsp3) is 0.158. The van der Waals surface area contributed by atoms with Crippen LogP contribution < -0.4 is 25.4 Å². The molecule has 0 aliphatic heterocycles. The summed E-state index contributed by atoms with van der Waals surface area (Å²) in [5.41, 5.74) is 7.31. The van der Waals surface area contributed by atoms with Crippen LogP contribution in [0.1, 0.15) is 0 Å². The first kappa shape index (κ1) is 17.2. The van der Waals surface area contributed by atoms with Gasteiger partial charge in [0, 0.05) is 12.1 Å². The summed E-state index contributed by atoms with van der Waals surface area (Å²) in [6.07, 6.45) is 0. The molecular weight excluding hydrogens is 368 g/mol. The SMILES string of the molecule is COc1cc(OC)c(-c2cc(=O)c3c(ccc4nc(N)sc43)o2)cc1OC. The average Bonchev–Trinajstić information content (AvgIpc) is 3.06. The minimum atomic E-state index is -0.183. The first-order chi connectivity index (χ1) is 13.0. The Morgan fingerprint density at radius 3 is 2.41 bits per heavy atom.